The number of anilines is 2. The van der Waals surface area contributed by atoms with Crippen molar-refractivity contribution in [3.05, 3.63) is 45.6 Å². The maximum atomic E-state index is 14.3. The zero-order valence-corrected chi connectivity index (χ0v) is 15.9. The first-order valence-electron chi connectivity index (χ1n) is 7.99. The quantitative estimate of drug-likeness (QED) is 0.436. The Morgan fingerprint density at radius 2 is 2.15 bits per heavy atom. The van der Waals surface area contributed by atoms with Crippen LogP contribution in [-0.2, 0) is 11.9 Å². The van der Waals surface area contributed by atoms with Crippen molar-refractivity contribution in [1.82, 2.24) is 15.3 Å². The van der Waals surface area contributed by atoms with Crippen molar-refractivity contribution in [2.75, 3.05) is 18.2 Å². The van der Waals surface area contributed by atoms with Crippen molar-refractivity contribution >= 4 is 29.0 Å². The van der Waals surface area contributed by atoms with Gasteiger partial charge in [-0.1, -0.05) is 6.92 Å². The average molecular weight is 380 g/mol. The number of carbonyl (C=O) groups is 1. The second-order valence-electron chi connectivity index (χ2n) is 5.53. The molecule has 2 rings (SSSR count). The fraction of sp³-hybridized carbons (Fsp3) is 0.353. The van der Waals surface area contributed by atoms with Gasteiger partial charge in [0.15, 0.2) is 5.69 Å². The number of aryl methyl sites for hydroxylation is 1. The standard InChI is InChI=1S/C17H21FN4O3S/c1-5-8-25-21-16(23)15-14(10(2)17(24)22(3)20-15)19-13-7-6-11(26-4)9-12(13)18/h6-7,9,19H,5,8H2,1-4H3,(H,21,23). The minimum Gasteiger partial charge on any atom is -0.351 e. The summed E-state index contributed by atoms with van der Waals surface area (Å²) in [6.07, 6.45) is 2.56. The van der Waals surface area contributed by atoms with Crippen LogP contribution in [0.1, 0.15) is 29.4 Å². The molecule has 0 aliphatic carbocycles. The smallest absolute Gasteiger partial charge is 0.297 e. The molecule has 1 aromatic heterocycles. The lowest BCUT2D eigenvalue weighted by Crippen LogP contribution is -2.32. The Morgan fingerprint density at radius 3 is 2.77 bits per heavy atom. The first-order chi connectivity index (χ1) is 12.4. The van der Waals surface area contributed by atoms with Gasteiger partial charge < -0.3 is 5.32 Å². The first-order valence-corrected chi connectivity index (χ1v) is 9.22. The molecule has 7 nitrogen and oxygen atoms in total. The first kappa shape index (κ1) is 19.9. The lowest BCUT2D eigenvalue weighted by molar-refractivity contribution is 0.0309. The predicted octanol–water partition coefficient (Wildman–Crippen LogP) is 2.76. The molecule has 26 heavy (non-hydrogen) atoms. The number of thioether (sulfide) groups is 1. The van der Waals surface area contributed by atoms with Gasteiger partial charge in [0.25, 0.3) is 11.5 Å². The number of rotatable bonds is 7. The lowest BCUT2D eigenvalue weighted by Gasteiger charge is -2.15. The molecule has 140 valence electrons. The number of amides is 1. The van der Waals surface area contributed by atoms with Crippen LogP contribution in [0.5, 0.6) is 0 Å². The molecule has 2 N–H and O–H groups in total. The van der Waals surface area contributed by atoms with E-state index < -0.39 is 11.7 Å². The van der Waals surface area contributed by atoms with E-state index in [4.69, 9.17) is 4.84 Å². The number of benzene rings is 1. The molecule has 9 heteroatoms. The van der Waals surface area contributed by atoms with Crippen LogP contribution in [0.4, 0.5) is 15.8 Å². The number of nitrogens with zero attached hydrogens (tertiary/aromatic N) is 2. The number of carbonyl (C=O) groups excluding carboxylic acids is 1. The Labute approximate surface area is 154 Å². The summed E-state index contributed by atoms with van der Waals surface area (Å²) in [5.74, 6) is -1.12. The third kappa shape index (κ3) is 4.41. The van der Waals surface area contributed by atoms with Crippen LogP contribution in [-0.4, -0.2) is 28.6 Å². The molecule has 0 bridgehead atoms. The zero-order valence-electron chi connectivity index (χ0n) is 15.1. The molecule has 0 atom stereocenters. The molecule has 0 saturated heterocycles. The van der Waals surface area contributed by atoms with E-state index in [-0.39, 0.29) is 28.2 Å². The van der Waals surface area contributed by atoms with Crippen molar-refractivity contribution in [3.63, 3.8) is 0 Å². The van der Waals surface area contributed by atoms with E-state index in [0.29, 0.717) is 6.61 Å². The Kier molecular flexibility index (Phi) is 6.76. The molecule has 1 amide bonds. The molecule has 2 aromatic rings. The topological polar surface area (TPSA) is 85.2 Å². The molecule has 1 heterocycles. The van der Waals surface area contributed by atoms with Crippen LogP contribution >= 0.6 is 11.8 Å². The predicted molar refractivity (Wildman–Crippen MR) is 99.4 cm³/mol. The van der Waals surface area contributed by atoms with Crippen molar-refractivity contribution < 1.29 is 14.0 Å². The van der Waals surface area contributed by atoms with Gasteiger partial charge in [0.2, 0.25) is 0 Å². The van der Waals surface area contributed by atoms with Gasteiger partial charge in [-0.05, 0) is 37.8 Å². The Balaban J connectivity index is 2.44. The molecule has 1 aromatic carbocycles. The Hall–Kier alpha value is -2.39. The van der Waals surface area contributed by atoms with Gasteiger partial charge in [0.05, 0.1) is 18.0 Å². The number of hydrogen-bond donors (Lipinski definition) is 2. The van der Waals surface area contributed by atoms with E-state index in [1.807, 2.05) is 13.2 Å². The van der Waals surface area contributed by atoms with Gasteiger partial charge >= 0.3 is 0 Å². The van der Waals surface area contributed by atoms with E-state index in [2.05, 4.69) is 15.9 Å². The second-order valence-corrected chi connectivity index (χ2v) is 6.41. The van der Waals surface area contributed by atoms with Gasteiger partial charge in [0.1, 0.15) is 5.82 Å². The Morgan fingerprint density at radius 1 is 1.42 bits per heavy atom. The summed E-state index contributed by atoms with van der Waals surface area (Å²) in [7, 11) is 1.44. The molecule has 0 saturated carbocycles. The summed E-state index contributed by atoms with van der Waals surface area (Å²) in [6.45, 7) is 3.78. The summed E-state index contributed by atoms with van der Waals surface area (Å²) in [5, 5.41) is 6.82. The third-order valence-electron chi connectivity index (χ3n) is 3.60. The SMILES string of the molecule is CCCONC(=O)c1nn(C)c(=O)c(C)c1Nc1ccc(SC)cc1F. The van der Waals surface area contributed by atoms with Crippen LogP contribution in [0.25, 0.3) is 0 Å². The van der Waals surface area contributed by atoms with Gasteiger partial charge in [-0.2, -0.15) is 5.10 Å². The zero-order chi connectivity index (χ0) is 19.3. The molecule has 0 spiro atoms. The number of hydrogen-bond acceptors (Lipinski definition) is 6. The minimum absolute atomic E-state index is 0.0611. The fourth-order valence-corrected chi connectivity index (χ4v) is 2.64. The maximum Gasteiger partial charge on any atom is 0.297 e. The van der Waals surface area contributed by atoms with Crippen molar-refractivity contribution in [2.45, 2.75) is 25.2 Å². The highest BCUT2D eigenvalue weighted by atomic mass is 32.2. The van der Waals surface area contributed by atoms with E-state index >= 15 is 0 Å². The summed E-state index contributed by atoms with van der Waals surface area (Å²) in [4.78, 5) is 30.4. The lowest BCUT2D eigenvalue weighted by atomic mass is 10.2. The average Bonchev–Trinajstić information content (AvgIpc) is 2.63. The van der Waals surface area contributed by atoms with E-state index in [1.165, 1.54) is 24.9 Å². The second kappa shape index (κ2) is 8.81. The van der Waals surface area contributed by atoms with Gasteiger partial charge in [0, 0.05) is 17.5 Å². The molecule has 0 fully saturated rings. The molecule has 0 radical (unpaired) electrons. The number of nitrogens with one attached hydrogen (secondary N) is 2. The highest BCUT2D eigenvalue weighted by Gasteiger charge is 2.20. The number of aromatic nitrogens is 2. The monoisotopic (exact) mass is 380 g/mol. The largest absolute Gasteiger partial charge is 0.351 e. The minimum atomic E-state index is -0.624. The summed E-state index contributed by atoms with van der Waals surface area (Å²) >= 11 is 1.41. The highest BCUT2D eigenvalue weighted by Crippen LogP contribution is 2.26. The normalized spacial score (nSPS) is 10.7. The van der Waals surface area contributed by atoms with E-state index in [9.17, 15) is 14.0 Å². The van der Waals surface area contributed by atoms with Gasteiger partial charge in [-0.3, -0.25) is 14.4 Å². The van der Waals surface area contributed by atoms with Crippen LogP contribution < -0.4 is 16.4 Å². The third-order valence-corrected chi connectivity index (χ3v) is 4.32. The maximum absolute atomic E-state index is 14.3. The summed E-state index contributed by atoms with van der Waals surface area (Å²) in [5.41, 5.74) is 2.36. The number of hydroxylamine groups is 1. The molecule has 0 unspecified atom stereocenters. The van der Waals surface area contributed by atoms with Crippen molar-refractivity contribution in [1.29, 1.82) is 0 Å². The van der Waals surface area contributed by atoms with E-state index in [1.54, 1.807) is 19.1 Å². The van der Waals surface area contributed by atoms with Crippen molar-refractivity contribution in [2.24, 2.45) is 7.05 Å². The van der Waals surface area contributed by atoms with Crippen LogP contribution in [0.15, 0.2) is 27.9 Å². The molecule has 0 aliphatic heterocycles. The fourth-order valence-electron chi connectivity index (χ4n) is 2.21. The van der Waals surface area contributed by atoms with Crippen molar-refractivity contribution in [3.8, 4) is 0 Å². The van der Waals surface area contributed by atoms with E-state index in [0.717, 1.165) is 16.0 Å². The Bertz CT molecular complexity index is 870. The van der Waals surface area contributed by atoms with Gasteiger partial charge in [-0.15, -0.1) is 11.8 Å². The van der Waals surface area contributed by atoms with Crippen LogP contribution in [0.2, 0.25) is 0 Å². The summed E-state index contributed by atoms with van der Waals surface area (Å²) < 4.78 is 15.4. The highest BCUT2D eigenvalue weighted by molar-refractivity contribution is 7.98. The summed E-state index contributed by atoms with van der Waals surface area (Å²) in [6, 6.07) is 4.66. The molecular weight excluding hydrogens is 359 g/mol. The van der Waals surface area contributed by atoms with Crippen LogP contribution in [0, 0.1) is 12.7 Å². The molecule has 0 aliphatic rings. The van der Waals surface area contributed by atoms with Crippen LogP contribution in [0.3, 0.4) is 0 Å². The number of halogens is 1. The molecular formula is C17H21FN4O3S. The van der Waals surface area contributed by atoms with Gasteiger partial charge in [-0.25, -0.2) is 14.6 Å².